The second-order valence-corrected chi connectivity index (χ2v) is 6.13. The van der Waals surface area contributed by atoms with Crippen molar-refractivity contribution in [1.29, 1.82) is 0 Å². The molecular weight excluding hydrogens is 359 g/mol. The van der Waals surface area contributed by atoms with Crippen molar-refractivity contribution in [3.8, 4) is 5.75 Å². The first-order valence-electron chi connectivity index (χ1n) is 6.69. The Balaban J connectivity index is 1.87. The van der Waals surface area contributed by atoms with Gasteiger partial charge in [0.15, 0.2) is 0 Å². The molecule has 2 aromatic carbocycles. The van der Waals surface area contributed by atoms with Gasteiger partial charge in [0.2, 0.25) is 0 Å². The summed E-state index contributed by atoms with van der Waals surface area (Å²) in [5, 5.41) is 0. The Morgan fingerprint density at radius 2 is 1.82 bits per heavy atom. The highest BCUT2D eigenvalue weighted by Gasteiger charge is 2.31. The molecule has 2 nitrogen and oxygen atoms in total. The second-order valence-electron chi connectivity index (χ2n) is 5.22. The van der Waals surface area contributed by atoms with E-state index in [-0.39, 0.29) is 6.10 Å². The van der Waals surface area contributed by atoms with Gasteiger partial charge in [-0.1, -0.05) is 28.1 Å². The Morgan fingerprint density at radius 1 is 1.14 bits per heavy atom. The number of halogens is 4. The predicted octanol–water partition coefficient (Wildman–Crippen LogP) is 5.04. The van der Waals surface area contributed by atoms with E-state index in [1.54, 1.807) is 0 Å². The third kappa shape index (κ3) is 2.92. The van der Waals surface area contributed by atoms with Crippen LogP contribution in [0.5, 0.6) is 5.75 Å². The Bertz CT molecular complexity index is 685. The van der Waals surface area contributed by atoms with Gasteiger partial charge in [-0.2, -0.15) is 13.2 Å². The topological polar surface area (TPSA) is 12.5 Å². The molecule has 1 aliphatic heterocycles. The predicted molar refractivity (Wildman–Crippen MR) is 82.2 cm³/mol. The zero-order valence-electron chi connectivity index (χ0n) is 11.7. The zero-order chi connectivity index (χ0) is 15.9. The van der Waals surface area contributed by atoms with E-state index in [0.29, 0.717) is 6.54 Å². The number of alkyl halides is 3. The number of rotatable bonds is 1. The molecule has 6 heteroatoms. The molecule has 1 aliphatic rings. The fourth-order valence-corrected chi connectivity index (χ4v) is 2.84. The first-order chi connectivity index (χ1) is 10.3. The van der Waals surface area contributed by atoms with Crippen LogP contribution in [0.2, 0.25) is 0 Å². The largest absolute Gasteiger partial charge is 0.482 e. The number of ether oxygens (including phenoxy) is 1. The van der Waals surface area contributed by atoms with E-state index in [4.69, 9.17) is 4.74 Å². The summed E-state index contributed by atoms with van der Waals surface area (Å²) in [6.07, 6.45) is -4.61. The summed E-state index contributed by atoms with van der Waals surface area (Å²) in [5.41, 5.74) is 1.04. The SMILES string of the molecule is CN1CC(c2ccc(C(F)(F)F)cc2)Oc2ccc(Br)cc21. The molecule has 0 amide bonds. The number of anilines is 1. The maximum atomic E-state index is 12.6. The van der Waals surface area contributed by atoms with Gasteiger partial charge in [0.05, 0.1) is 17.8 Å². The molecule has 0 N–H and O–H groups in total. The molecule has 3 rings (SSSR count). The van der Waals surface area contributed by atoms with Crippen LogP contribution in [0.1, 0.15) is 17.2 Å². The number of likely N-dealkylation sites (N-methyl/N-ethyl adjacent to an activating group) is 1. The van der Waals surface area contributed by atoms with Crippen LogP contribution in [-0.4, -0.2) is 13.6 Å². The maximum absolute atomic E-state index is 12.6. The third-order valence-corrected chi connectivity index (χ3v) is 4.14. The molecule has 0 saturated heterocycles. The minimum Gasteiger partial charge on any atom is -0.482 e. The number of nitrogens with zero attached hydrogens (tertiary/aromatic N) is 1. The molecule has 0 aromatic heterocycles. The Hall–Kier alpha value is -1.69. The molecule has 0 bridgehead atoms. The summed E-state index contributed by atoms with van der Waals surface area (Å²) in [7, 11) is 1.94. The van der Waals surface area contributed by atoms with Crippen molar-refractivity contribution >= 4 is 21.6 Å². The van der Waals surface area contributed by atoms with Crippen molar-refractivity contribution in [3.63, 3.8) is 0 Å². The molecule has 22 heavy (non-hydrogen) atoms. The first-order valence-corrected chi connectivity index (χ1v) is 7.48. The number of hydrogen-bond donors (Lipinski definition) is 0. The van der Waals surface area contributed by atoms with E-state index in [0.717, 1.165) is 33.6 Å². The van der Waals surface area contributed by atoms with E-state index < -0.39 is 11.7 Å². The lowest BCUT2D eigenvalue weighted by Crippen LogP contribution is -2.32. The minimum atomic E-state index is -4.32. The van der Waals surface area contributed by atoms with Crippen LogP contribution in [0, 0.1) is 0 Å². The fraction of sp³-hybridized carbons (Fsp3) is 0.250. The zero-order valence-corrected chi connectivity index (χ0v) is 13.3. The van der Waals surface area contributed by atoms with Gasteiger partial charge < -0.3 is 9.64 Å². The van der Waals surface area contributed by atoms with E-state index in [1.807, 2.05) is 30.1 Å². The van der Waals surface area contributed by atoms with Crippen molar-refractivity contribution in [2.75, 3.05) is 18.5 Å². The summed E-state index contributed by atoms with van der Waals surface area (Å²) >= 11 is 3.42. The van der Waals surface area contributed by atoms with E-state index in [9.17, 15) is 13.2 Å². The van der Waals surface area contributed by atoms with Gasteiger partial charge in [-0.25, -0.2) is 0 Å². The van der Waals surface area contributed by atoms with E-state index in [1.165, 1.54) is 12.1 Å². The number of fused-ring (bicyclic) bond motifs is 1. The molecule has 116 valence electrons. The van der Waals surface area contributed by atoms with Gasteiger partial charge in [-0.3, -0.25) is 0 Å². The monoisotopic (exact) mass is 371 g/mol. The second kappa shape index (κ2) is 5.50. The molecule has 0 radical (unpaired) electrons. The smallest absolute Gasteiger partial charge is 0.416 e. The van der Waals surface area contributed by atoms with Gasteiger partial charge in [-0.05, 0) is 35.9 Å². The van der Waals surface area contributed by atoms with E-state index >= 15 is 0 Å². The fourth-order valence-electron chi connectivity index (χ4n) is 2.49. The molecule has 1 unspecified atom stereocenters. The van der Waals surface area contributed by atoms with Crippen LogP contribution in [-0.2, 0) is 6.18 Å². The van der Waals surface area contributed by atoms with Crippen LogP contribution in [0.15, 0.2) is 46.9 Å². The van der Waals surface area contributed by atoms with Crippen molar-refractivity contribution < 1.29 is 17.9 Å². The maximum Gasteiger partial charge on any atom is 0.416 e. The van der Waals surface area contributed by atoms with E-state index in [2.05, 4.69) is 15.9 Å². The van der Waals surface area contributed by atoms with Crippen molar-refractivity contribution in [1.82, 2.24) is 0 Å². The van der Waals surface area contributed by atoms with Gasteiger partial charge >= 0.3 is 6.18 Å². The Kier molecular flexibility index (Phi) is 3.80. The summed E-state index contributed by atoms with van der Waals surface area (Å²) in [6, 6.07) is 10.8. The van der Waals surface area contributed by atoms with Crippen LogP contribution in [0.4, 0.5) is 18.9 Å². The molecule has 1 heterocycles. The molecule has 0 saturated carbocycles. The summed E-state index contributed by atoms with van der Waals surface area (Å²) < 4.78 is 44.7. The lowest BCUT2D eigenvalue weighted by atomic mass is 10.0. The Labute approximate surface area is 134 Å². The molecule has 0 fully saturated rings. The highest BCUT2D eigenvalue weighted by molar-refractivity contribution is 9.10. The summed E-state index contributed by atoms with van der Waals surface area (Å²) in [6.45, 7) is 0.578. The van der Waals surface area contributed by atoms with Gasteiger partial charge in [0.25, 0.3) is 0 Å². The average molecular weight is 372 g/mol. The van der Waals surface area contributed by atoms with Crippen LogP contribution < -0.4 is 9.64 Å². The molecule has 2 aromatic rings. The normalized spacial score (nSPS) is 17.9. The average Bonchev–Trinajstić information content (AvgIpc) is 2.47. The Morgan fingerprint density at radius 3 is 2.45 bits per heavy atom. The van der Waals surface area contributed by atoms with Crippen LogP contribution in [0.3, 0.4) is 0 Å². The highest BCUT2D eigenvalue weighted by atomic mass is 79.9. The van der Waals surface area contributed by atoms with Gasteiger partial charge in [0, 0.05) is 11.5 Å². The molecular formula is C16H13BrF3NO. The van der Waals surface area contributed by atoms with Gasteiger partial charge in [-0.15, -0.1) is 0 Å². The van der Waals surface area contributed by atoms with Crippen LogP contribution in [0.25, 0.3) is 0 Å². The number of benzene rings is 2. The standard InChI is InChI=1S/C16H13BrF3NO/c1-21-9-15(22-14-7-6-12(17)8-13(14)21)10-2-4-11(5-3-10)16(18,19)20/h2-8,15H,9H2,1H3. The van der Waals surface area contributed by atoms with Crippen molar-refractivity contribution in [2.45, 2.75) is 12.3 Å². The molecule has 0 aliphatic carbocycles. The highest BCUT2D eigenvalue weighted by Crippen LogP contribution is 2.39. The third-order valence-electron chi connectivity index (χ3n) is 3.65. The number of hydrogen-bond acceptors (Lipinski definition) is 2. The summed E-state index contributed by atoms with van der Waals surface area (Å²) in [4.78, 5) is 2.03. The quantitative estimate of drug-likeness (QED) is 0.696. The van der Waals surface area contributed by atoms with Crippen molar-refractivity contribution in [3.05, 3.63) is 58.1 Å². The molecule has 1 atom stereocenters. The minimum absolute atomic E-state index is 0.291. The van der Waals surface area contributed by atoms with Crippen molar-refractivity contribution in [2.24, 2.45) is 0 Å². The lowest BCUT2D eigenvalue weighted by Gasteiger charge is -2.34. The molecule has 0 spiro atoms. The summed E-state index contributed by atoms with van der Waals surface area (Å²) in [5.74, 6) is 0.724. The lowest BCUT2D eigenvalue weighted by molar-refractivity contribution is -0.137. The van der Waals surface area contributed by atoms with Gasteiger partial charge in [0.1, 0.15) is 11.9 Å². The first kappa shape index (κ1) is 15.2. The van der Waals surface area contributed by atoms with Crippen LogP contribution >= 0.6 is 15.9 Å².